The Morgan fingerprint density at radius 2 is 1.97 bits per heavy atom. The maximum Gasteiger partial charge on any atom is 0.282 e. The molecule has 0 radical (unpaired) electrons. The van der Waals surface area contributed by atoms with Crippen LogP contribution in [0.25, 0.3) is 16.6 Å². The van der Waals surface area contributed by atoms with E-state index in [0.29, 0.717) is 23.1 Å². The first-order valence-electron chi connectivity index (χ1n) is 9.25. The number of fused-ring (bicyclic) bond motifs is 1. The van der Waals surface area contributed by atoms with Gasteiger partial charge in [-0.2, -0.15) is 9.78 Å². The van der Waals surface area contributed by atoms with Crippen molar-refractivity contribution in [3.63, 3.8) is 0 Å². The molecule has 0 aliphatic carbocycles. The summed E-state index contributed by atoms with van der Waals surface area (Å²) in [5, 5.41) is 4.96. The standard InChI is InChI=1S/C22H18BrFN4O/c1-2-4-21-26-20-11-6-15(23)13-19(20)22(29)28(21)25-14-18-5-3-12-27(18)17-9-7-16(24)8-10-17/h3,5-14H,2,4H2,1H3. The van der Waals surface area contributed by atoms with Crippen molar-refractivity contribution in [3.8, 4) is 5.69 Å². The van der Waals surface area contributed by atoms with E-state index in [1.54, 1.807) is 24.4 Å². The quantitative estimate of drug-likeness (QED) is 0.403. The second-order valence-electron chi connectivity index (χ2n) is 6.58. The second kappa shape index (κ2) is 8.13. The summed E-state index contributed by atoms with van der Waals surface area (Å²) in [6.07, 6.45) is 4.96. The monoisotopic (exact) mass is 452 g/mol. The van der Waals surface area contributed by atoms with Gasteiger partial charge in [0.05, 0.1) is 22.8 Å². The van der Waals surface area contributed by atoms with Crippen LogP contribution in [0.3, 0.4) is 0 Å². The molecular formula is C22H18BrFN4O. The summed E-state index contributed by atoms with van der Waals surface area (Å²) in [6, 6.07) is 15.4. The smallest absolute Gasteiger partial charge is 0.282 e. The van der Waals surface area contributed by atoms with Gasteiger partial charge in [0.15, 0.2) is 0 Å². The Kier molecular flexibility index (Phi) is 5.40. The highest BCUT2D eigenvalue weighted by Crippen LogP contribution is 2.17. The normalized spacial score (nSPS) is 11.6. The zero-order valence-electron chi connectivity index (χ0n) is 15.7. The third kappa shape index (κ3) is 3.91. The van der Waals surface area contributed by atoms with Crippen molar-refractivity contribution < 1.29 is 4.39 Å². The molecule has 0 saturated carbocycles. The predicted octanol–water partition coefficient (Wildman–Crippen LogP) is 4.92. The molecule has 0 amide bonds. The van der Waals surface area contributed by atoms with E-state index in [9.17, 15) is 9.18 Å². The van der Waals surface area contributed by atoms with Crippen LogP contribution in [0.1, 0.15) is 24.9 Å². The van der Waals surface area contributed by atoms with Crippen LogP contribution in [-0.4, -0.2) is 20.4 Å². The molecule has 0 atom stereocenters. The number of halogens is 2. The first-order valence-corrected chi connectivity index (χ1v) is 10.0. The molecule has 7 heteroatoms. The van der Waals surface area contributed by atoms with E-state index in [0.717, 1.165) is 22.3 Å². The molecule has 2 aromatic heterocycles. The summed E-state index contributed by atoms with van der Waals surface area (Å²) in [7, 11) is 0. The topological polar surface area (TPSA) is 52.2 Å². The Morgan fingerprint density at radius 1 is 1.17 bits per heavy atom. The minimum absolute atomic E-state index is 0.212. The van der Waals surface area contributed by atoms with Crippen molar-refractivity contribution >= 4 is 33.0 Å². The van der Waals surface area contributed by atoms with E-state index >= 15 is 0 Å². The third-order valence-corrected chi connectivity index (χ3v) is 5.03. The molecule has 0 fully saturated rings. The van der Waals surface area contributed by atoms with Gasteiger partial charge in [0.2, 0.25) is 0 Å². The van der Waals surface area contributed by atoms with E-state index < -0.39 is 0 Å². The average Bonchev–Trinajstić information content (AvgIpc) is 3.18. The van der Waals surface area contributed by atoms with Gasteiger partial charge in [-0.25, -0.2) is 9.37 Å². The molecule has 4 rings (SSSR count). The van der Waals surface area contributed by atoms with Crippen LogP contribution in [0, 0.1) is 5.82 Å². The van der Waals surface area contributed by atoms with Crippen molar-refractivity contribution in [2.75, 3.05) is 0 Å². The molecule has 0 aliphatic heterocycles. The van der Waals surface area contributed by atoms with Gasteiger partial charge in [-0.3, -0.25) is 4.79 Å². The first-order chi connectivity index (χ1) is 14.1. The lowest BCUT2D eigenvalue weighted by atomic mass is 10.2. The Labute approximate surface area is 175 Å². The van der Waals surface area contributed by atoms with Gasteiger partial charge < -0.3 is 4.57 Å². The maximum absolute atomic E-state index is 13.2. The van der Waals surface area contributed by atoms with Gasteiger partial charge >= 0.3 is 0 Å². The Balaban J connectivity index is 1.80. The highest BCUT2D eigenvalue weighted by Gasteiger charge is 2.11. The van der Waals surface area contributed by atoms with Gasteiger partial charge in [0.25, 0.3) is 5.56 Å². The van der Waals surface area contributed by atoms with Crippen LogP contribution in [0.5, 0.6) is 0 Å². The zero-order valence-corrected chi connectivity index (χ0v) is 17.3. The Hall–Kier alpha value is -3.06. The van der Waals surface area contributed by atoms with Crippen LogP contribution in [0.4, 0.5) is 4.39 Å². The summed E-state index contributed by atoms with van der Waals surface area (Å²) in [6.45, 7) is 2.03. The average molecular weight is 453 g/mol. The Bertz CT molecular complexity index is 1260. The molecule has 5 nitrogen and oxygen atoms in total. The fourth-order valence-electron chi connectivity index (χ4n) is 3.15. The minimum atomic E-state index is -0.291. The molecule has 0 N–H and O–H groups in total. The highest BCUT2D eigenvalue weighted by molar-refractivity contribution is 9.10. The molecule has 0 aliphatic rings. The Morgan fingerprint density at radius 3 is 2.72 bits per heavy atom. The lowest BCUT2D eigenvalue weighted by molar-refractivity contribution is 0.627. The van der Waals surface area contributed by atoms with Crippen LogP contribution in [0.15, 0.2) is 75.2 Å². The van der Waals surface area contributed by atoms with Crippen LogP contribution in [0.2, 0.25) is 0 Å². The third-order valence-electron chi connectivity index (χ3n) is 4.54. The van der Waals surface area contributed by atoms with E-state index in [-0.39, 0.29) is 11.4 Å². The number of hydrogen-bond donors (Lipinski definition) is 0. The molecule has 0 spiro atoms. The summed E-state index contributed by atoms with van der Waals surface area (Å²) >= 11 is 3.41. The predicted molar refractivity (Wildman–Crippen MR) is 116 cm³/mol. The summed E-state index contributed by atoms with van der Waals surface area (Å²) in [5.74, 6) is 0.323. The van der Waals surface area contributed by atoms with Gasteiger partial charge in [0.1, 0.15) is 11.6 Å². The van der Waals surface area contributed by atoms with E-state index in [4.69, 9.17) is 0 Å². The van der Waals surface area contributed by atoms with Crippen LogP contribution < -0.4 is 5.56 Å². The summed E-state index contributed by atoms with van der Waals surface area (Å²) in [4.78, 5) is 17.7. The van der Waals surface area contributed by atoms with Gasteiger partial charge in [-0.15, -0.1) is 0 Å². The molecule has 4 aromatic rings. The van der Waals surface area contributed by atoms with Crippen LogP contribution in [-0.2, 0) is 6.42 Å². The number of aromatic nitrogens is 3. The summed E-state index contributed by atoms with van der Waals surface area (Å²) < 4.78 is 17.3. The molecule has 29 heavy (non-hydrogen) atoms. The molecule has 0 unspecified atom stereocenters. The molecule has 2 heterocycles. The molecule has 2 aromatic carbocycles. The van der Waals surface area contributed by atoms with Crippen LogP contribution >= 0.6 is 15.9 Å². The molecule has 0 saturated heterocycles. The van der Waals surface area contributed by atoms with Crippen molar-refractivity contribution in [1.29, 1.82) is 0 Å². The van der Waals surface area contributed by atoms with E-state index in [1.807, 2.05) is 42.0 Å². The fourth-order valence-corrected chi connectivity index (χ4v) is 3.51. The van der Waals surface area contributed by atoms with E-state index in [1.165, 1.54) is 16.8 Å². The number of hydrogen-bond acceptors (Lipinski definition) is 3. The largest absolute Gasteiger partial charge is 0.316 e. The number of rotatable bonds is 5. The zero-order chi connectivity index (χ0) is 20.4. The first kappa shape index (κ1) is 19.3. The number of aryl methyl sites for hydroxylation is 1. The van der Waals surface area contributed by atoms with Crippen molar-refractivity contribution in [1.82, 2.24) is 14.2 Å². The SMILES string of the molecule is CCCc1nc2ccc(Br)cc2c(=O)n1N=Cc1cccn1-c1ccc(F)cc1. The van der Waals surface area contributed by atoms with Gasteiger partial charge in [-0.1, -0.05) is 22.9 Å². The van der Waals surface area contributed by atoms with Crippen molar-refractivity contribution in [2.45, 2.75) is 19.8 Å². The number of benzene rings is 2. The lowest BCUT2D eigenvalue weighted by Crippen LogP contribution is -2.22. The lowest BCUT2D eigenvalue weighted by Gasteiger charge is -2.09. The maximum atomic E-state index is 13.2. The minimum Gasteiger partial charge on any atom is -0.316 e. The van der Waals surface area contributed by atoms with E-state index in [2.05, 4.69) is 26.0 Å². The highest BCUT2D eigenvalue weighted by atomic mass is 79.9. The van der Waals surface area contributed by atoms with Gasteiger partial charge in [0, 0.05) is 22.8 Å². The molecule has 0 bridgehead atoms. The second-order valence-corrected chi connectivity index (χ2v) is 7.50. The van der Waals surface area contributed by atoms with Crippen molar-refractivity contribution in [3.05, 3.63) is 93.0 Å². The van der Waals surface area contributed by atoms with Crippen molar-refractivity contribution in [2.24, 2.45) is 5.10 Å². The van der Waals surface area contributed by atoms with Gasteiger partial charge in [-0.05, 0) is 61.0 Å². The molecular weight excluding hydrogens is 435 g/mol. The molecule has 146 valence electrons. The fraction of sp³-hybridized carbons (Fsp3) is 0.136. The summed E-state index contributed by atoms with van der Waals surface area (Å²) in [5.41, 5.74) is 2.01. The number of nitrogens with zero attached hydrogens (tertiary/aromatic N) is 4.